The fraction of sp³-hybridized carbons (Fsp3) is 0.214. The van der Waals surface area contributed by atoms with Crippen molar-refractivity contribution in [1.82, 2.24) is 0 Å². The van der Waals surface area contributed by atoms with Crippen LogP contribution in [0.25, 0.3) is 11.1 Å². The Labute approximate surface area is 135 Å². The Bertz CT molecular complexity index is 407. The molecule has 0 heterocycles. The summed E-state index contributed by atoms with van der Waals surface area (Å²) in [6, 6.07) is 17.2. The summed E-state index contributed by atoms with van der Waals surface area (Å²) in [5.41, 5.74) is 4.05. The molecular formula is C14H15Cl2Zr. The minimum Gasteiger partial charge on any atom is -1.00 e. The third-order valence-electron chi connectivity index (χ3n) is 2.55. The summed E-state index contributed by atoms with van der Waals surface area (Å²) in [6.07, 6.45) is 0. The van der Waals surface area contributed by atoms with Crippen molar-refractivity contribution in [2.45, 2.75) is 19.8 Å². The van der Waals surface area contributed by atoms with E-state index >= 15 is 0 Å². The standard InChI is InChI=1S/C14H15.2ClH.Zr/c1-11(2)13-8-9-14(10-13)12-6-4-3-5-7-12;;;/h3-11H,1-2H3;2*1H;/q-1;;;+3/p-2. The van der Waals surface area contributed by atoms with E-state index in [2.05, 4.69) is 62.4 Å². The third-order valence-corrected chi connectivity index (χ3v) is 2.55. The number of halogens is 2. The Morgan fingerprint density at radius 2 is 1.53 bits per heavy atom. The number of rotatable bonds is 2. The van der Waals surface area contributed by atoms with Crippen LogP contribution in [0.1, 0.15) is 25.3 Å². The van der Waals surface area contributed by atoms with Crippen molar-refractivity contribution in [3.8, 4) is 11.1 Å². The zero-order valence-corrected chi connectivity index (χ0v) is 13.9. The Morgan fingerprint density at radius 1 is 0.941 bits per heavy atom. The number of benzene rings is 1. The Balaban J connectivity index is 0. The van der Waals surface area contributed by atoms with Crippen LogP contribution in [0.15, 0.2) is 48.5 Å². The van der Waals surface area contributed by atoms with E-state index in [1.54, 1.807) is 0 Å². The fourth-order valence-electron chi connectivity index (χ4n) is 1.63. The monoisotopic (exact) mass is 343 g/mol. The molecule has 17 heavy (non-hydrogen) atoms. The molecule has 0 amide bonds. The van der Waals surface area contributed by atoms with E-state index in [4.69, 9.17) is 0 Å². The van der Waals surface area contributed by atoms with E-state index in [0.29, 0.717) is 5.92 Å². The summed E-state index contributed by atoms with van der Waals surface area (Å²) < 4.78 is 0. The van der Waals surface area contributed by atoms with Gasteiger partial charge >= 0.3 is 26.2 Å². The van der Waals surface area contributed by atoms with E-state index in [0.717, 1.165) is 0 Å². The van der Waals surface area contributed by atoms with E-state index in [-0.39, 0.29) is 51.0 Å². The molecule has 3 heteroatoms. The normalized spacial score (nSPS) is 8.88. The Hall–Kier alpha value is 0.0331. The van der Waals surface area contributed by atoms with Gasteiger partial charge in [-0.2, -0.15) is 23.3 Å². The molecule has 2 rings (SSSR count). The second-order valence-electron chi connectivity index (χ2n) is 3.95. The van der Waals surface area contributed by atoms with Crippen molar-refractivity contribution >= 4 is 0 Å². The molecule has 0 aliphatic rings. The predicted octanol–water partition coefficient (Wildman–Crippen LogP) is -1.80. The van der Waals surface area contributed by atoms with Crippen molar-refractivity contribution in [2.24, 2.45) is 0 Å². The van der Waals surface area contributed by atoms with Crippen molar-refractivity contribution < 1.29 is 51.0 Å². The molecule has 0 atom stereocenters. The molecule has 0 saturated heterocycles. The summed E-state index contributed by atoms with van der Waals surface area (Å²) in [6.45, 7) is 4.45. The predicted molar refractivity (Wildman–Crippen MR) is 61.6 cm³/mol. The zero-order valence-electron chi connectivity index (χ0n) is 9.95. The quantitative estimate of drug-likeness (QED) is 0.564. The van der Waals surface area contributed by atoms with Gasteiger partial charge in [0.2, 0.25) is 0 Å². The second kappa shape index (κ2) is 9.03. The maximum absolute atomic E-state index is 2.28. The first-order chi connectivity index (χ1) is 6.77. The second-order valence-corrected chi connectivity index (χ2v) is 3.95. The van der Waals surface area contributed by atoms with Gasteiger partial charge in [-0.1, -0.05) is 49.7 Å². The molecule has 0 N–H and O–H groups in total. The van der Waals surface area contributed by atoms with Crippen LogP contribution in [0.2, 0.25) is 0 Å². The first-order valence-electron chi connectivity index (χ1n) is 5.09. The van der Waals surface area contributed by atoms with Gasteiger partial charge < -0.3 is 24.8 Å². The van der Waals surface area contributed by atoms with Crippen LogP contribution in [-0.2, 0) is 26.2 Å². The van der Waals surface area contributed by atoms with Crippen LogP contribution in [-0.4, -0.2) is 0 Å². The molecule has 0 fully saturated rings. The van der Waals surface area contributed by atoms with Crippen LogP contribution >= 0.6 is 0 Å². The number of hydrogen-bond donors (Lipinski definition) is 0. The molecular weight excluding hydrogens is 330 g/mol. The first-order valence-corrected chi connectivity index (χ1v) is 5.09. The molecule has 0 saturated carbocycles. The van der Waals surface area contributed by atoms with Crippen molar-refractivity contribution in [1.29, 1.82) is 0 Å². The van der Waals surface area contributed by atoms with Crippen LogP contribution in [0, 0.1) is 0 Å². The summed E-state index contributed by atoms with van der Waals surface area (Å²) in [5, 5.41) is 0. The minimum absolute atomic E-state index is 0. The summed E-state index contributed by atoms with van der Waals surface area (Å²) in [7, 11) is 0. The fourth-order valence-corrected chi connectivity index (χ4v) is 1.63. The summed E-state index contributed by atoms with van der Waals surface area (Å²) >= 11 is 0. The minimum atomic E-state index is 0. The summed E-state index contributed by atoms with van der Waals surface area (Å²) in [4.78, 5) is 0. The van der Waals surface area contributed by atoms with Gasteiger partial charge in [0.15, 0.2) is 0 Å². The van der Waals surface area contributed by atoms with Gasteiger partial charge in [0, 0.05) is 0 Å². The van der Waals surface area contributed by atoms with Crippen LogP contribution in [0.3, 0.4) is 0 Å². The first kappa shape index (κ1) is 19.4. The average molecular weight is 345 g/mol. The Morgan fingerprint density at radius 3 is 2.00 bits per heavy atom. The Kier molecular flexibility index (Phi) is 10.3. The summed E-state index contributed by atoms with van der Waals surface area (Å²) in [5.74, 6) is 0.618. The van der Waals surface area contributed by atoms with Crippen molar-refractivity contribution in [2.75, 3.05) is 0 Å². The SMILES string of the molecule is CC(C)c1cc(-c2ccccc2)c[cH-]1.[Cl-].[Cl-].[Zr+3]. The maximum Gasteiger partial charge on any atom is 3.00 e. The van der Waals surface area contributed by atoms with Crippen LogP contribution in [0.5, 0.6) is 0 Å². The molecule has 1 radical (unpaired) electrons. The molecule has 0 unspecified atom stereocenters. The molecule has 2 aromatic carbocycles. The van der Waals surface area contributed by atoms with Gasteiger partial charge in [0.05, 0.1) is 0 Å². The van der Waals surface area contributed by atoms with E-state index < -0.39 is 0 Å². The maximum atomic E-state index is 2.28. The van der Waals surface area contributed by atoms with E-state index in [1.165, 1.54) is 16.7 Å². The average Bonchev–Trinajstić information content (AvgIpc) is 2.68. The number of hydrogen-bond acceptors (Lipinski definition) is 0. The molecule has 0 spiro atoms. The van der Waals surface area contributed by atoms with Crippen LogP contribution in [0.4, 0.5) is 0 Å². The van der Waals surface area contributed by atoms with Gasteiger partial charge in [-0.15, -0.1) is 0 Å². The van der Waals surface area contributed by atoms with Gasteiger partial charge in [0.1, 0.15) is 0 Å². The van der Waals surface area contributed by atoms with Crippen molar-refractivity contribution in [3.05, 3.63) is 54.1 Å². The van der Waals surface area contributed by atoms with Crippen LogP contribution < -0.4 is 24.8 Å². The molecule has 0 aliphatic heterocycles. The smallest absolute Gasteiger partial charge is 1.00 e. The molecule has 0 nitrogen and oxygen atoms in total. The third kappa shape index (κ3) is 5.04. The molecule has 89 valence electrons. The molecule has 0 aliphatic carbocycles. The van der Waals surface area contributed by atoms with Gasteiger partial charge in [-0.3, -0.25) is 0 Å². The van der Waals surface area contributed by atoms with Gasteiger partial charge in [-0.25, -0.2) is 6.07 Å². The molecule has 0 bridgehead atoms. The molecule has 2 aromatic rings. The van der Waals surface area contributed by atoms with Gasteiger partial charge in [0.25, 0.3) is 0 Å². The zero-order chi connectivity index (χ0) is 9.97. The van der Waals surface area contributed by atoms with Gasteiger partial charge in [-0.05, 0) is 5.92 Å². The topological polar surface area (TPSA) is 0 Å². The van der Waals surface area contributed by atoms with E-state index in [9.17, 15) is 0 Å². The van der Waals surface area contributed by atoms with Crippen molar-refractivity contribution in [3.63, 3.8) is 0 Å². The molecule has 0 aromatic heterocycles. The van der Waals surface area contributed by atoms with E-state index in [1.807, 2.05) is 0 Å². The largest absolute Gasteiger partial charge is 3.00 e.